The molecule has 4 aliphatic rings. The van der Waals surface area contributed by atoms with Gasteiger partial charge in [0.25, 0.3) is 0 Å². The lowest BCUT2D eigenvalue weighted by molar-refractivity contribution is -0.362. The van der Waals surface area contributed by atoms with Gasteiger partial charge in [-0.3, -0.25) is 4.79 Å². The number of nitrogens with one attached hydrogen (secondary N) is 1. The van der Waals surface area contributed by atoms with E-state index in [0.717, 1.165) is 33.5 Å². The van der Waals surface area contributed by atoms with Crippen LogP contribution < -0.4 is 10.1 Å². The SMILES string of the molecule is COc1ccccc1NCc1ccc([C@H]2C[C@@]3(C)[C@@H](CC[C@]3(O)C(F)(F)C(F)(F)F)[C@@H]3CCC4=CC(=O)CCC4=C32)cc1. The minimum absolute atomic E-state index is 0.0325. The summed E-state index contributed by atoms with van der Waals surface area (Å²) >= 11 is 0. The summed E-state index contributed by atoms with van der Waals surface area (Å²) in [6.45, 7) is 1.94. The van der Waals surface area contributed by atoms with E-state index in [1.165, 1.54) is 6.92 Å². The number of methoxy groups -OCH3 is 1. The standard InChI is InChI=1S/C34H36F5NO3/c1-31-18-26(21-9-7-20(8-10-21)19-40-28-5-3-4-6-29(28)43-2)30-24-14-12-23(41)17-22(24)11-13-25(30)27(31)15-16-32(31,42)33(35,36)34(37,38)39/h3-10,17,25-27,40,42H,11-16,18-19H2,1-2H3/t25-,26+,27-,31-,32+/m0/s1. The molecule has 4 nitrogen and oxygen atoms in total. The van der Waals surface area contributed by atoms with E-state index >= 15 is 8.78 Å². The van der Waals surface area contributed by atoms with Crippen molar-refractivity contribution in [2.75, 3.05) is 12.4 Å². The van der Waals surface area contributed by atoms with Crippen molar-refractivity contribution in [2.45, 2.75) is 82.0 Å². The van der Waals surface area contributed by atoms with Crippen LogP contribution in [0.5, 0.6) is 5.75 Å². The molecule has 2 saturated carbocycles. The summed E-state index contributed by atoms with van der Waals surface area (Å²) in [5, 5.41) is 14.8. The van der Waals surface area contributed by atoms with E-state index in [4.69, 9.17) is 4.74 Å². The number of para-hydroxylation sites is 2. The third-order valence-electron chi connectivity index (χ3n) is 10.7. The molecule has 0 aliphatic heterocycles. The van der Waals surface area contributed by atoms with E-state index in [2.05, 4.69) is 5.32 Å². The van der Waals surface area contributed by atoms with E-state index < -0.39 is 41.4 Å². The first kappa shape index (κ1) is 29.9. The number of carbonyl (C=O) groups excluding carboxylic acids is 1. The van der Waals surface area contributed by atoms with Crippen LogP contribution in [0.1, 0.15) is 68.9 Å². The second-order valence-corrected chi connectivity index (χ2v) is 12.8. The molecule has 0 unspecified atom stereocenters. The number of hydrogen-bond donors (Lipinski definition) is 2. The Kier molecular flexibility index (Phi) is 7.26. The zero-order valence-corrected chi connectivity index (χ0v) is 24.2. The molecular formula is C34H36F5NO3. The Morgan fingerprint density at radius 3 is 2.42 bits per heavy atom. The number of halogens is 5. The molecule has 43 heavy (non-hydrogen) atoms. The highest BCUT2D eigenvalue weighted by Crippen LogP contribution is 2.70. The topological polar surface area (TPSA) is 58.6 Å². The number of rotatable bonds is 6. The van der Waals surface area contributed by atoms with Gasteiger partial charge in [-0.05, 0) is 90.8 Å². The maximum Gasteiger partial charge on any atom is 0.456 e. The van der Waals surface area contributed by atoms with Gasteiger partial charge >= 0.3 is 12.1 Å². The second-order valence-electron chi connectivity index (χ2n) is 12.8. The van der Waals surface area contributed by atoms with Crippen LogP contribution in [0.25, 0.3) is 0 Å². The van der Waals surface area contributed by atoms with Crippen LogP contribution in [0.3, 0.4) is 0 Å². The molecule has 2 N–H and O–H groups in total. The number of fused-ring (bicyclic) bond motifs is 4. The molecule has 0 amide bonds. The fourth-order valence-electron chi connectivity index (χ4n) is 8.57. The quantitative estimate of drug-likeness (QED) is 0.328. The molecule has 230 valence electrons. The fraction of sp³-hybridized carbons (Fsp3) is 0.500. The number of carbonyl (C=O) groups is 1. The normalized spacial score (nSPS) is 30.7. The fourth-order valence-corrected chi connectivity index (χ4v) is 8.57. The van der Waals surface area contributed by atoms with Crippen LogP contribution in [0.4, 0.5) is 27.6 Å². The first-order chi connectivity index (χ1) is 20.3. The number of hydrogen-bond acceptors (Lipinski definition) is 4. The minimum Gasteiger partial charge on any atom is -0.495 e. The van der Waals surface area contributed by atoms with Gasteiger partial charge in [-0.1, -0.05) is 48.9 Å². The summed E-state index contributed by atoms with van der Waals surface area (Å²) in [6.07, 6.45) is -2.69. The Labute approximate surface area is 248 Å². The third kappa shape index (κ3) is 4.61. The molecule has 0 spiro atoms. The van der Waals surface area contributed by atoms with Crippen molar-refractivity contribution in [3.63, 3.8) is 0 Å². The average Bonchev–Trinajstić information content (AvgIpc) is 3.26. The molecule has 5 atom stereocenters. The Bertz CT molecular complexity index is 1480. The van der Waals surface area contributed by atoms with Gasteiger partial charge in [-0.25, -0.2) is 0 Å². The Balaban J connectivity index is 1.39. The van der Waals surface area contributed by atoms with E-state index in [1.807, 2.05) is 48.5 Å². The number of benzene rings is 2. The van der Waals surface area contributed by atoms with E-state index in [-0.39, 0.29) is 24.5 Å². The highest BCUT2D eigenvalue weighted by atomic mass is 19.4. The van der Waals surface area contributed by atoms with Crippen molar-refractivity contribution in [1.82, 2.24) is 0 Å². The van der Waals surface area contributed by atoms with Gasteiger partial charge in [0.05, 0.1) is 12.8 Å². The van der Waals surface area contributed by atoms with Crippen LogP contribution in [-0.2, 0) is 11.3 Å². The molecule has 0 saturated heterocycles. The molecule has 2 aromatic rings. The Hall–Kier alpha value is -3.20. The summed E-state index contributed by atoms with van der Waals surface area (Å²) in [5.74, 6) is -5.70. The van der Waals surface area contributed by atoms with Crippen molar-refractivity contribution < 1.29 is 36.6 Å². The van der Waals surface area contributed by atoms with Crippen LogP contribution in [0.2, 0.25) is 0 Å². The predicted octanol–water partition coefficient (Wildman–Crippen LogP) is 8.14. The van der Waals surface area contributed by atoms with Crippen molar-refractivity contribution in [1.29, 1.82) is 0 Å². The Morgan fingerprint density at radius 1 is 1.00 bits per heavy atom. The molecule has 4 aliphatic carbocycles. The molecule has 0 bridgehead atoms. The number of allylic oxidation sites excluding steroid dienone is 4. The number of ether oxygens (including phenoxy) is 1. The summed E-state index contributed by atoms with van der Waals surface area (Å²) in [5.41, 5.74) is 0.802. The number of ketones is 1. The minimum atomic E-state index is -5.86. The molecular weight excluding hydrogens is 565 g/mol. The van der Waals surface area contributed by atoms with Gasteiger partial charge in [0.15, 0.2) is 5.78 Å². The molecule has 9 heteroatoms. The zero-order chi connectivity index (χ0) is 30.8. The predicted molar refractivity (Wildman–Crippen MR) is 153 cm³/mol. The molecule has 0 radical (unpaired) electrons. The van der Waals surface area contributed by atoms with Crippen LogP contribution >= 0.6 is 0 Å². The smallest absolute Gasteiger partial charge is 0.456 e. The number of aliphatic hydroxyl groups is 1. The lowest BCUT2D eigenvalue weighted by atomic mass is 9.50. The van der Waals surface area contributed by atoms with Crippen LogP contribution in [0, 0.1) is 17.3 Å². The van der Waals surface area contributed by atoms with Gasteiger partial charge < -0.3 is 15.2 Å². The van der Waals surface area contributed by atoms with Gasteiger partial charge in [0.1, 0.15) is 11.4 Å². The Morgan fingerprint density at radius 2 is 1.72 bits per heavy atom. The molecule has 6 rings (SSSR count). The molecule has 0 heterocycles. The van der Waals surface area contributed by atoms with E-state index in [1.54, 1.807) is 13.2 Å². The number of anilines is 1. The van der Waals surface area contributed by atoms with E-state index in [9.17, 15) is 23.1 Å². The summed E-state index contributed by atoms with van der Waals surface area (Å²) in [7, 11) is 1.59. The van der Waals surface area contributed by atoms with Gasteiger partial charge in [-0.2, -0.15) is 22.0 Å². The van der Waals surface area contributed by atoms with Crippen molar-refractivity contribution in [3.8, 4) is 5.75 Å². The average molecular weight is 602 g/mol. The van der Waals surface area contributed by atoms with Gasteiger partial charge in [0, 0.05) is 24.3 Å². The molecule has 0 aromatic heterocycles. The lowest BCUT2D eigenvalue weighted by Crippen LogP contribution is -2.65. The first-order valence-corrected chi connectivity index (χ1v) is 14.9. The van der Waals surface area contributed by atoms with Gasteiger partial charge in [0.2, 0.25) is 0 Å². The van der Waals surface area contributed by atoms with Crippen molar-refractivity contribution >= 4 is 11.5 Å². The largest absolute Gasteiger partial charge is 0.495 e. The number of alkyl halides is 5. The van der Waals surface area contributed by atoms with Crippen LogP contribution in [0.15, 0.2) is 71.3 Å². The second kappa shape index (κ2) is 10.5. The zero-order valence-electron chi connectivity index (χ0n) is 24.2. The highest BCUT2D eigenvalue weighted by molar-refractivity contribution is 5.93. The van der Waals surface area contributed by atoms with E-state index in [0.29, 0.717) is 38.0 Å². The highest BCUT2D eigenvalue weighted by Gasteiger charge is 2.79. The van der Waals surface area contributed by atoms with Gasteiger partial charge in [-0.15, -0.1) is 0 Å². The first-order valence-electron chi connectivity index (χ1n) is 14.9. The molecule has 2 aromatic carbocycles. The molecule has 2 fully saturated rings. The maximum absolute atomic E-state index is 15.2. The maximum atomic E-state index is 15.2. The van der Waals surface area contributed by atoms with Crippen LogP contribution in [-0.4, -0.2) is 35.7 Å². The monoisotopic (exact) mass is 601 g/mol. The summed E-state index contributed by atoms with van der Waals surface area (Å²) in [4.78, 5) is 12.3. The van der Waals surface area contributed by atoms with Crippen molar-refractivity contribution in [3.05, 3.63) is 82.5 Å². The van der Waals surface area contributed by atoms with Crippen molar-refractivity contribution in [2.24, 2.45) is 17.3 Å². The summed E-state index contributed by atoms with van der Waals surface area (Å²) in [6, 6.07) is 15.2. The lowest BCUT2D eigenvalue weighted by Gasteiger charge is -2.56. The summed E-state index contributed by atoms with van der Waals surface area (Å²) < 4.78 is 77.1. The third-order valence-corrected chi connectivity index (χ3v) is 10.7.